The summed E-state index contributed by atoms with van der Waals surface area (Å²) in [5, 5.41) is 19.1. The number of rotatable bonds is 6. The topological polar surface area (TPSA) is 75.1 Å². The molecule has 27 heavy (non-hydrogen) atoms. The van der Waals surface area contributed by atoms with Crippen LogP contribution >= 0.6 is 11.3 Å². The van der Waals surface area contributed by atoms with E-state index in [4.69, 9.17) is 9.47 Å². The van der Waals surface area contributed by atoms with Crippen LogP contribution in [0.1, 0.15) is 30.7 Å². The maximum atomic E-state index is 10.7. The number of nitrogens with zero attached hydrogens (tertiary/aromatic N) is 1. The van der Waals surface area contributed by atoms with Crippen LogP contribution in [-0.2, 0) is 12.1 Å². The summed E-state index contributed by atoms with van der Waals surface area (Å²) < 4.78 is 11.6. The summed E-state index contributed by atoms with van der Waals surface area (Å²) in [4.78, 5) is 5.58. The van der Waals surface area contributed by atoms with Gasteiger partial charge in [-0.15, -0.1) is 11.3 Å². The Morgan fingerprint density at radius 2 is 2.07 bits per heavy atom. The summed E-state index contributed by atoms with van der Waals surface area (Å²) in [7, 11) is 0. The fraction of sp³-hybridized carbons (Fsp3) is 0.450. The van der Waals surface area contributed by atoms with Crippen LogP contribution in [0, 0.1) is 0 Å². The fourth-order valence-electron chi connectivity index (χ4n) is 2.81. The van der Waals surface area contributed by atoms with Crippen LogP contribution in [0.3, 0.4) is 0 Å². The van der Waals surface area contributed by atoms with Crippen LogP contribution < -0.4 is 20.1 Å². The highest BCUT2D eigenvalue weighted by Crippen LogP contribution is 2.33. The third-order valence-electron chi connectivity index (χ3n) is 4.26. The predicted molar refractivity (Wildman–Crippen MR) is 109 cm³/mol. The number of aliphatic imine (C=N–C) groups is 1. The molecule has 0 aliphatic carbocycles. The third kappa shape index (κ3) is 5.14. The number of nitrogens with one attached hydrogen (secondary N) is 2. The van der Waals surface area contributed by atoms with Crippen LogP contribution in [0.5, 0.6) is 11.5 Å². The van der Waals surface area contributed by atoms with E-state index in [9.17, 15) is 5.11 Å². The molecule has 1 aliphatic heterocycles. The van der Waals surface area contributed by atoms with Crippen molar-refractivity contribution in [3.05, 3.63) is 46.2 Å². The monoisotopic (exact) mass is 389 g/mol. The Labute approximate surface area is 164 Å². The Morgan fingerprint density at radius 3 is 2.85 bits per heavy atom. The van der Waals surface area contributed by atoms with E-state index < -0.39 is 5.60 Å². The van der Waals surface area contributed by atoms with Crippen molar-refractivity contribution in [2.45, 2.75) is 32.4 Å². The Hall–Kier alpha value is -2.25. The number of hydrogen-bond acceptors (Lipinski definition) is 5. The average molecular weight is 390 g/mol. The highest BCUT2D eigenvalue weighted by atomic mass is 32.1. The minimum absolute atomic E-state index is 0.367. The highest BCUT2D eigenvalue weighted by Gasteiger charge is 2.24. The van der Waals surface area contributed by atoms with Gasteiger partial charge in [0.2, 0.25) is 0 Å². The number of fused-ring (bicyclic) bond motifs is 1. The molecule has 3 rings (SSSR count). The molecule has 6 nitrogen and oxygen atoms in total. The van der Waals surface area contributed by atoms with Crippen molar-refractivity contribution in [3.8, 4) is 11.5 Å². The first-order chi connectivity index (χ1) is 13.1. The van der Waals surface area contributed by atoms with Gasteiger partial charge in [0.1, 0.15) is 5.60 Å². The van der Waals surface area contributed by atoms with Gasteiger partial charge < -0.3 is 25.2 Å². The molecule has 1 aliphatic rings. The fourth-order valence-corrected chi connectivity index (χ4v) is 3.60. The van der Waals surface area contributed by atoms with E-state index in [1.165, 1.54) is 0 Å². The molecule has 0 saturated carbocycles. The summed E-state index contributed by atoms with van der Waals surface area (Å²) in [6.45, 7) is 6.70. The Kier molecular flexibility index (Phi) is 6.58. The lowest BCUT2D eigenvalue weighted by Gasteiger charge is -2.23. The molecule has 1 aromatic carbocycles. The zero-order chi connectivity index (χ0) is 19.1. The zero-order valence-corrected chi connectivity index (χ0v) is 16.6. The molecule has 146 valence electrons. The maximum absolute atomic E-state index is 10.7. The van der Waals surface area contributed by atoms with Gasteiger partial charge in [-0.1, -0.05) is 18.2 Å². The molecule has 0 bridgehead atoms. The van der Waals surface area contributed by atoms with Crippen molar-refractivity contribution in [1.29, 1.82) is 0 Å². The smallest absolute Gasteiger partial charge is 0.191 e. The van der Waals surface area contributed by atoms with Gasteiger partial charge in [-0.25, -0.2) is 4.99 Å². The van der Waals surface area contributed by atoms with E-state index in [0.717, 1.165) is 34.9 Å². The molecule has 0 saturated heterocycles. The van der Waals surface area contributed by atoms with Crippen molar-refractivity contribution >= 4 is 17.3 Å². The highest BCUT2D eigenvalue weighted by molar-refractivity contribution is 7.10. The molecule has 0 amide bonds. The number of ether oxygens (including phenoxy) is 2. The summed E-state index contributed by atoms with van der Waals surface area (Å²) >= 11 is 1.54. The molecule has 3 N–H and O–H groups in total. The van der Waals surface area contributed by atoms with Gasteiger partial charge in [0.25, 0.3) is 0 Å². The van der Waals surface area contributed by atoms with E-state index >= 15 is 0 Å². The number of guanidine groups is 1. The summed E-state index contributed by atoms with van der Waals surface area (Å²) in [6.07, 6.45) is 0.874. The van der Waals surface area contributed by atoms with Crippen molar-refractivity contribution < 1.29 is 14.6 Å². The normalized spacial score (nSPS) is 16.3. The van der Waals surface area contributed by atoms with Crippen LogP contribution in [0.4, 0.5) is 0 Å². The molecule has 2 aromatic rings. The molecule has 7 heteroatoms. The summed E-state index contributed by atoms with van der Waals surface area (Å²) in [6, 6.07) is 9.77. The van der Waals surface area contributed by atoms with Gasteiger partial charge in [-0.05, 0) is 31.4 Å². The van der Waals surface area contributed by atoms with Crippen molar-refractivity contribution in [2.75, 3.05) is 26.3 Å². The number of thiophene rings is 1. The molecule has 0 radical (unpaired) electrons. The first-order valence-electron chi connectivity index (χ1n) is 9.26. The largest absolute Gasteiger partial charge is 0.490 e. The Bertz CT molecular complexity index is 760. The van der Waals surface area contributed by atoms with Crippen molar-refractivity contribution in [3.63, 3.8) is 0 Å². The second kappa shape index (κ2) is 9.10. The van der Waals surface area contributed by atoms with E-state index in [-0.39, 0.29) is 0 Å². The Balaban J connectivity index is 1.69. The molecule has 1 atom stereocenters. The van der Waals surface area contributed by atoms with E-state index in [2.05, 4.69) is 15.6 Å². The molecule has 2 heterocycles. The average Bonchev–Trinajstić information content (AvgIpc) is 3.11. The first-order valence-corrected chi connectivity index (χ1v) is 10.1. The number of para-hydroxylation sites is 1. The molecule has 0 spiro atoms. The number of aliphatic hydroxyl groups is 1. The van der Waals surface area contributed by atoms with Crippen LogP contribution in [0.2, 0.25) is 0 Å². The number of hydrogen-bond donors (Lipinski definition) is 3. The third-order valence-corrected chi connectivity index (χ3v) is 5.38. The SMILES string of the molecule is CCNC(=NCc1cccc2c1OCCCO2)NCC(C)(O)c1cccs1. The lowest BCUT2D eigenvalue weighted by atomic mass is 10.1. The van der Waals surface area contributed by atoms with Crippen LogP contribution in [-0.4, -0.2) is 37.4 Å². The van der Waals surface area contributed by atoms with Crippen LogP contribution in [0.25, 0.3) is 0 Å². The minimum Gasteiger partial charge on any atom is -0.490 e. The molecule has 1 aromatic heterocycles. The maximum Gasteiger partial charge on any atom is 0.191 e. The predicted octanol–water partition coefficient (Wildman–Crippen LogP) is 2.87. The minimum atomic E-state index is -0.953. The lowest BCUT2D eigenvalue weighted by Crippen LogP contribution is -2.44. The van der Waals surface area contributed by atoms with Gasteiger partial charge in [0.05, 0.1) is 26.3 Å². The second-order valence-corrected chi connectivity index (χ2v) is 7.54. The lowest BCUT2D eigenvalue weighted by molar-refractivity contribution is 0.0655. The first kappa shape index (κ1) is 19.5. The van der Waals surface area contributed by atoms with Crippen molar-refractivity contribution in [2.24, 2.45) is 4.99 Å². The van der Waals surface area contributed by atoms with Crippen LogP contribution in [0.15, 0.2) is 40.7 Å². The van der Waals surface area contributed by atoms with Gasteiger partial charge in [-0.3, -0.25) is 0 Å². The molecule has 1 unspecified atom stereocenters. The van der Waals surface area contributed by atoms with Gasteiger partial charge >= 0.3 is 0 Å². The van der Waals surface area contributed by atoms with Gasteiger partial charge in [0, 0.05) is 23.4 Å². The van der Waals surface area contributed by atoms with Gasteiger partial charge in [-0.2, -0.15) is 0 Å². The molecular formula is C20H27N3O3S. The summed E-state index contributed by atoms with van der Waals surface area (Å²) in [5.74, 6) is 2.21. The van der Waals surface area contributed by atoms with E-state index in [0.29, 0.717) is 32.3 Å². The summed E-state index contributed by atoms with van der Waals surface area (Å²) in [5.41, 5.74) is 0.0297. The number of benzene rings is 1. The van der Waals surface area contributed by atoms with E-state index in [1.807, 2.05) is 42.6 Å². The standard InChI is InChI=1S/C20H27N3O3S/c1-3-21-19(23-14-20(2,24)17-9-5-12-27-17)22-13-15-7-4-8-16-18(15)26-11-6-10-25-16/h4-5,7-9,12,24H,3,6,10-11,13-14H2,1-2H3,(H2,21,22,23). The van der Waals surface area contributed by atoms with Crippen molar-refractivity contribution in [1.82, 2.24) is 10.6 Å². The zero-order valence-electron chi connectivity index (χ0n) is 15.8. The Morgan fingerprint density at radius 1 is 1.22 bits per heavy atom. The second-order valence-electron chi connectivity index (χ2n) is 6.59. The van der Waals surface area contributed by atoms with E-state index in [1.54, 1.807) is 18.3 Å². The quantitative estimate of drug-likeness (QED) is 0.523. The van der Waals surface area contributed by atoms with Gasteiger partial charge in [0.15, 0.2) is 17.5 Å². The molecule has 0 fully saturated rings. The molecular weight excluding hydrogens is 362 g/mol.